The Morgan fingerprint density at radius 2 is 1.92 bits per heavy atom. The fraction of sp³-hybridized carbons (Fsp3) is 0.409. The summed E-state index contributed by atoms with van der Waals surface area (Å²) in [4.78, 5) is 12.4. The molecule has 3 nitrogen and oxygen atoms in total. The number of carbonyl (C=O) groups excluding carboxylic acids is 1. The van der Waals surface area contributed by atoms with Gasteiger partial charge in [-0.05, 0) is 36.8 Å². The van der Waals surface area contributed by atoms with Crippen molar-refractivity contribution in [3.05, 3.63) is 71.2 Å². The second-order valence-corrected chi connectivity index (χ2v) is 7.76. The van der Waals surface area contributed by atoms with Gasteiger partial charge >= 0.3 is 5.97 Å². The van der Waals surface area contributed by atoms with E-state index in [0.29, 0.717) is 0 Å². The Balaban J connectivity index is 1.54. The standard InChI is InChI=1S/C22H26O3/c1-15(2)10-19-20(22(19,3)4)21(23)25-14-17-12-18(24-13-17)11-16-8-6-5-7-9-16/h5-10,12-13,19-20H,11,14H2,1-4H3/t19-,20?/m1/s1. The van der Waals surface area contributed by atoms with Crippen LogP contribution in [-0.2, 0) is 22.6 Å². The van der Waals surface area contributed by atoms with E-state index >= 15 is 0 Å². The molecule has 0 bridgehead atoms. The molecule has 0 amide bonds. The quantitative estimate of drug-likeness (QED) is 0.540. The minimum absolute atomic E-state index is 0.0107. The maximum atomic E-state index is 12.4. The first-order chi connectivity index (χ1) is 11.9. The van der Waals surface area contributed by atoms with Gasteiger partial charge in [-0.1, -0.05) is 55.8 Å². The average molecular weight is 338 g/mol. The zero-order valence-electron chi connectivity index (χ0n) is 15.4. The first-order valence-electron chi connectivity index (χ1n) is 8.80. The van der Waals surface area contributed by atoms with Crippen LogP contribution in [0.25, 0.3) is 0 Å². The number of hydrogen-bond acceptors (Lipinski definition) is 3. The zero-order chi connectivity index (χ0) is 18.0. The number of hydrogen-bond donors (Lipinski definition) is 0. The highest BCUT2D eigenvalue weighted by atomic mass is 16.5. The van der Waals surface area contributed by atoms with E-state index in [0.717, 1.165) is 17.7 Å². The molecule has 0 N–H and O–H groups in total. The minimum Gasteiger partial charge on any atom is -0.469 e. The Kier molecular flexibility index (Phi) is 4.85. The van der Waals surface area contributed by atoms with Crippen LogP contribution in [0.3, 0.4) is 0 Å². The predicted molar refractivity (Wildman–Crippen MR) is 97.9 cm³/mol. The second kappa shape index (κ2) is 6.91. The SMILES string of the molecule is CC(C)=C[C@@H]1C(C(=O)OCc2coc(Cc3ccccc3)c2)C1(C)C. The summed E-state index contributed by atoms with van der Waals surface area (Å²) in [6, 6.07) is 12.1. The Morgan fingerprint density at radius 1 is 1.20 bits per heavy atom. The predicted octanol–water partition coefficient (Wildman–Crippen LogP) is 5.15. The molecule has 25 heavy (non-hydrogen) atoms. The zero-order valence-corrected chi connectivity index (χ0v) is 15.4. The Morgan fingerprint density at radius 3 is 2.60 bits per heavy atom. The maximum absolute atomic E-state index is 12.4. The van der Waals surface area contributed by atoms with Crippen LogP contribution in [0.1, 0.15) is 44.6 Å². The van der Waals surface area contributed by atoms with Crippen molar-refractivity contribution in [2.24, 2.45) is 17.3 Å². The van der Waals surface area contributed by atoms with Gasteiger partial charge in [0.15, 0.2) is 0 Å². The number of allylic oxidation sites excluding steroid dienone is 2. The largest absolute Gasteiger partial charge is 0.469 e. The van der Waals surface area contributed by atoms with Gasteiger partial charge in [0, 0.05) is 12.0 Å². The van der Waals surface area contributed by atoms with E-state index in [-0.39, 0.29) is 29.8 Å². The molecule has 3 heteroatoms. The number of rotatable bonds is 6. The summed E-state index contributed by atoms with van der Waals surface area (Å²) in [6.07, 6.45) is 4.60. The summed E-state index contributed by atoms with van der Waals surface area (Å²) in [6.45, 7) is 8.65. The highest BCUT2D eigenvalue weighted by Gasteiger charge is 2.61. The van der Waals surface area contributed by atoms with Gasteiger partial charge in [-0.2, -0.15) is 0 Å². The van der Waals surface area contributed by atoms with Gasteiger partial charge in [0.25, 0.3) is 0 Å². The van der Waals surface area contributed by atoms with Crippen molar-refractivity contribution in [2.75, 3.05) is 0 Å². The molecule has 1 aliphatic carbocycles. The van der Waals surface area contributed by atoms with Gasteiger partial charge in [0.1, 0.15) is 12.4 Å². The number of benzene rings is 1. The molecule has 0 aliphatic heterocycles. The second-order valence-electron chi connectivity index (χ2n) is 7.76. The van der Waals surface area contributed by atoms with Crippen LogP contribution in [0.4, 0.5) is 0 Å². The summed E-state index contributed by atoms with van der Waals surface area (Å²) >= 11 is 0. The molecule has 2 atom stereocenters. The van der Waals surface area contributed by atoms with E-state index in [1.54, 1.807) is 6.26 Å². The van der Waals surface area contributed by atoms with Crippen molar-refractivity contribution in [3.8, 4) is 0 Å². The summed E-state index contributed by atoms with van der Waals surface area (Å²) in [5, 5.41) is 0. The van der Waals surface area contributed by atoms with Crippen LogP contribution in [-0.4, -0.2) is 5.97 Å². The number of carbonyl (C=O) groups is 1. The lowest BCUT2D eigenvalue weighted by Gasteiger charge is -2.03. The van der Waals surface area contributed by atoms with Gasteiger partial charge in [0.05, 0.1) is 12.2 Å². The van der Waals surface area contributed by atoms with Crippen molar-refractivity contribution in [1.82, 2.24) is 0 Å². The normalized spacial score (nSPS) is 20.8. The third-order valence-electron chi connectivity index (χ3n) is 4.99. The van der Waals surface area contributed by atoms with Crippen LogP contribution in [0, 0.1) is 17.3 Å². The van der Waals surface area contributed by atoms with Gasteiger partial charge in [-0.25, -0.2) is 0 Å². The summed E-state index contributed by atoms with van der Waals surface area (Å²) < 4.78 is 11.1. The first kappa shape index (κ1) is 17.5. The van der Waals surface area contributed by atoms with E-state index in [9.17, 15) is 4.79 Å². The highest BCUT2D eigenvalue weighted by molar-refractivity contribution is 5.78. The number of furan rings is 1. The fourth-order valence-electron chi connectivity index (χ4n) is 3.43. The van der Waals surface area contributed by atoms with E-state index < -0.39 is 0 Å². The third-order valence-corrected chi connectivity index (χ3v) is 4.99. The summed E-state index contributed by atoms with van der Waals surface area (Å²) in [7, 11) is 0. The lowest BCUT2D eigenvalue weighted by atomic mass is 10.1. The van der Waals surface area contributed by atoms with Crippen molar-refractivity contribution in [3.63, 3.8) is 0 Å². The van der Waals surface area contributed by atoms with Gasteiger partial charge in [-0.3, -0.25) is 4.79 Å². The first-order valence-corrected chi connectivity index (χ1v) is 8.80. The Labute approximate surface area is 149 Å². The van der Waals surface area contributed by atoms with Crippen molar-refractivity contribution < 1.29 is 13.9 Å². The summed E-state index contributed by atoms with van der Waals surface area (Å²) in [5.74, 6) is 1.01. The smallest absolute Gasteiger partial charge is 0.310 e. The maximum Gasteiger partial charge on any atom is 0.310 e. The van der Waals surface area contributed by atoms with Crippen molar-refractivity contribution in [2.45, 2.75) is 40.7 Å². The molecular weight excluding hydrogens is 312 g/mol. The molecular formula is C22H26O3. The highest BCUT2D eigenvalue weighted by Crippen LogP contribution is 2.59. The van der Waals surface area contributed by atoms with Gasteiger partial charge < -0.3 is 9.15 Å². The molecule has 0 radical (unpaired) electrons. The van der Waals surface area contributed by atoms with Crippen LogP contribution < -0.4 is 0 Å². The third kappa shape index (κ3) is 4.04. The van der Waals surface area contributed by atoms with Gasteiger partial charge in [-0.15, -0.1) is 0 Å². The van der Waals surface area contributed by atoms with E-state index in [4.69, 9.17) is 9.15 Å². The number of esters is 1. The molecule has 1 aliphatic rings. The molecule has 1 fully saturated rings. The molecule has 0 spiro atoms. The molecule has 1 heterocycles. The van der Waals surface area contributed by atoms with Gasteiger partial charge in [0.2, 0.25) is 0 Å². The Hall–Kier alpha value is -2.29. The topological polar surface area (TPSA) is 39.4 Å². The molecule has 2 aromatic rings. The lowest BCUT2D eigenvalue weighted by molar-refractivity contribution is -0.147. The van der Waals surface area contributed by atoms with E-state index in [2.05, 4.69) is 45.9 Å². The van der Waals surface area contributed by atoms with Crippen LogP contribution in [0.5, 0.6) is 0 Å². The van der Waals surface area contributed by atoms with Crippen molar-refractivity contribution >= 4 is 5.97 Å². The van der Waals surface area contributed by atoms with Crippen molar-refractivity contribution in [1.29, 1.82) is 0 Å². The summed E-state index contributed by atoms with van der Waals surface area (Å²) in [5.41, 5.74) is 3.33. The lowest BCUT2D eigenvalue weighted by Crippen LogP contribution is -2.10. The fourth-order valence-corrected chi connectivity index (χ4v) is 3.43. The average Bonchev–Trinajstić information content (AvgIpc) is 2.90. The molecule has 0 saturated heterocycles. The van der Waals surface area contributed by atoms with Crippen LogP contribution in [0.2, 0.25) is 0 Å². The number of ether oxygens (including phenoxy) is 1. The van der Waals surface area contributed by atoms with Crippen LogP contribution >= 0.6 is 0 Å². The molecule has 3 rings (SSSR count). The minimum atomic E-state index is -0.113. The molecule has 1 aromatic carbocycles. The molecule has 1 aromatic heterocycles. The van der Waals surface area contributed by atoms with E-state index in [1.165, 1.54) is 11.1 Å². The monoisotopic (exact) mass is 338 g/mol. The molecule has 132 valence electrons. The molecule has 1 saturated carbocycles. The van der Waals surface area contributed by atoms with Crippen LogP contribution in [0.15, 0.2) is 58.7 Å². The van der Waals surface area contributed by atoms with E-state index in [1.807, 2.05) is 24.3 Å². The Bertz CT molecular complexity index is 764. The molecule has 1 unspecified atom stereocenters.